The summed E-state index contributed by atoms with van der Waals surface area (Å²) in [5, 5.41) is 0. The van der Waals surface area contributed by atoms with Gasteiger partial charge in [-0.25, -0.2) is 4.79 Å². The van der Waals surface area contributed by atoms with Gasteiger partial charge in [0.25, 0.3) is 0 Å². The van der Waals surface area contributed by atoms with Crippen molar-refractivity contribution >= 4 is 5.97 Å². The highest BCUT2D eigenvalue weighted by Gasteiger charge is 2.19. The first-order chi connectivity index (χ1) is 5.57. The van der Waals surface area contributed by atoms with Crippen molar-refractivity contribution < 1.29 is 23.0 Å². The van der Waals surface area contributed by atoms with Gasteiger partial charge in [0, 0.05) is 6.61 Å². The standard InChI is InChI=1S/C7H12F2O3/c1-3-11-4-5(2)12-7(10)6(8)9/h5-6H,3-4H2,1-2H3. The molecule has 0 spiro atoms. The minimum Gasteiger partial charge on any atom is -0.456 e. The first-order valence-electron chi connectivity index (χ1n) is 3.64. The zero-order chi connectivity index (χ0) is 9.56. The minimum absolute atomic E-state index is 0.148. The molecule has 0 aromatic carbocycles. The molecule has 0 aliphatic carbocycles. The largest absolute Gasteiger partial charge is 0.456 e. The van der Waals surface area contributed by atoms with Crippen molar-refractivity contribution in [3.05, 3.63) is 0 Å². The van der Waals surface area contributed by atoms with E-state index in [9.17, 15) is 13.6 Å². The number of alkyl halides is 2. The van der Waals surface area contributed by atoms with Gasteiger partial charge in [-0.1, -0.05) is 0 Å². The van der Waals surface area contributed by atoms with Gasteiger partial charge in [-0.2, -0.15) is 8.78 Å². The third-order valence-corrected chi connectivity index (χ3v) is 1.05. The molecule has 0 aromatic heterocycles. The normalized spacial score (nSPS) is 13.1. The van der Waals surface area contributed by atoms with Crippen LogP contribution in [-0.2, 0) is 14.3 Å². The van der Waals surface area contributed by atoms with Crippen molar-refractivity contribution in [1.29, 1.82) is 0 Å². The van der Waals surface area contributed by atoms with Crippen LogP contribution in [0.1, 0.15) is 13.8 Å². The van der Waals surface area contributed by atoms with E-state index in [4.69, 9.17) is 4.74 Å². The average Bonchev–Trinajstić information content (AvgIpc) is 2.00. The fraction of sp³-hybridized carbons (Fsp3) is 0.857. The zero-order valence-electron chi connectivity index (χ0n) is 7.05. The second-order valence-electron chi connectivity index (χ2n) is 2.21. The Kier molecular flexibility index (Phi) is 5.53. The van der Waals surface area contributed by atoms with Gasteiger partial charge >= 0.3 is 12.4 Å². The number of halogens is 2. The molecule has 0 radical (unpaired) electrons. The number of hydrogen-bond donors (Lipinski definition) is 0. The van der Waals surface area contributed by atoms with Crippen molar-refractivity contribution in [2.45, 2.75) is 26.4 Å². The minimum atomic E-state index is -3.06. The molecule has 0 bridgehead atoms. The molecule has 72 valence electrons. The van der Waals surface area contributed by atoms with Gasteiger partial charge in [0.1, 0.15) is 6.10 Å². The van der Waals surface area contributed by atoms with Crippen LogP contribution in [0.3, 0.4) is 0 Å². The lowest BCUT2D eigenvalue weighted by molar-refractivity contribution is -0.163. The van der Waals surface area contributed by atoms with Crippen molar-refractivity contribution in [2.75, 3.05) is 13.2 Å². The molecule has 1 unspecified atom stereocenters. The number of carbonyl (C=O) groups excluding carboxylic acids is 1. The van der Waals surface area contributed by atoms with Crippen molar-refractivity contribution in [3.63, 3.8) is 0 Å². The zero-order valence-corrected chi connectivity index (χ0v) is 7.05. The molecular weight excluding hydrogens is 170 g/mol. The molecule has 0 heterocycles. The van der Waals surface area contributed by atoms with Gasteiger partial charge in [0.05, 0.1) is 6.61 Å². The Morgan fingerprint density at radius 3 is 2.50 bits per heavy atom. The highest BCUT2D eigenvalue weighted by Crippen LogP contribution is 2.00. The molecule has 5 heteroatoms. The van der Waals surface area contributed by atoms with E-state index in [0.29, 0.717) is 6.61 Å². The molecule has 0 fully saturated rings. The molecule has 3 nitrogen and oxygen atoms in total. The van der Waals surface area contributed by atoms with Crippen LogP contribution >= 0.6 is 0 Å². The lowest BCUT2D eigenvalue weighted by atomic mass is 10.4. The topological polar surface area (TPSA) is 35.5 Å². The first-order valence-corrected chi connectivity index (χ1v) is 3.64. The molecule has 0 aromatic rings. The number of ether oxygens (including phenoxy) is 2. The van der Waals surface area contributed by atoms with Crippen LogP contribution in [0.5, 0.6) is 0 Å². The van der Waals surface area contributed by atoms with Crippen molar-refractivity contribution in [3.8, 4) is 0 Å². The second kappa shape index (κ2) is 5.88. The summed E-state index contributed by atoms with van der Waals surface area (Å²) >= 11 is 0. The maximum absolute atomic E-state index is 11.6. The number of rotatable bonds is 5. The highest BCUT2D eigenvalue weighted by atomic mass is 19.3. The van der Waals surface area contributed by atoms with Crippen molar-refractivity contribution in [1.82, 2.24) is 0 Å². The summed E-state index contributed by atoms with van der Waals surface area (Å²) < 4.78 is 32.3. The maximum atomic E-state index is 11.6. The molecule has 0 N–H and O–H groups in total. The Bertz CT molecular complexity index is 139. The second-order valence-corrected chi connectivity index (χ2v) is 2.21. The first kappa shape index (κ1) is 11.3. The van der Waals surface area contributed by atoms with Gasteiger partial charge in [-0.05, 0) is 13.8 Å². The lowest BCUT2D eigenvalue weighted by Crippen LogP contribution is -2.24. The summed E-state index contributed by atoms with van der Waals surface area (Å²) in [7, 11) is 0. The number of hydrogen-bond acceptors (Lipinski definition) is 3. The van der Waals surface area contributed by atoms with Gasteiger partial charge in [-0.15, -0.1) is 0 Å². The van der Waals surface area contributed by atoms with Crippen LogP contribution < -0.4 is 0 Å². The lowest BCUT2D eigenvalue weighted by Gasteiger charge is -2.11. The third kappa shape index (κ3) is 5.01. The van der Waals surface area contributed by atoms with Crippen LogP contribution in [-0.4, -0.2) is 31.7 Å². The Hall–Kier alpha value is -0.710. The van der Waals surface area contributed by atoms with E-state index in [1.165, 1.54) is 6.92 Å². The third-order valence-electron chi connectivity index (χ3n) is 1.05. The predicted octanol–water partition coefficient (Wildman–Crippen LogP) is 1.22. The summed E-state index contributed by atoms with van der Waals surface area (Å²) in [6.45, 7) is 3.88. The Morgan fingerprint density at radius 1 is 1.50 bits per heavy atom. The predicted molar refractivity (Wildman–Crippen MR) is 38.1 cm³/mol. The molecule has 0 aliphatic heterocycles. The molecule has 0 amide bonds. The molecular formula is C7H12F2O3. The highest BCUT2D eigenvalue weighted by molar-refractivity contribution is 5.72. The fourth-order valence-corrected chi connectivity index (χ4v) is 0.568. The summed E-state index contributed by atoms with van der Waals surface area (Å²) in [6.07, 6.45) is -3.68. The van der Waals surface area contributed by atoms with E-state index in [1.54, 1.807) is 6.92 Å². The van der Waals surface area contributed by atoms with Crippen molar-refractivity contribution in [2.24, 2.45) is 0 Å². The van der Waals surface area contributed by atoms with E-state index in [0.717, 1.165) is 0 Å². The van der Waals surface area contributed by atoms with Gasteiger partial charge in [-0.3, -0.25) is 0 Å². The van der Waals surface area contributed by atoms with Gasteiger partial charge in [0.15, 0.2) is 0 Å². The quantitative estimate of drug-likeness (QED) is 0.599. The molecule has 0 aliphatic rings. The average molecular weight is 182 g/mol. The van der Waals surface area contributed by atoms with E-state index in [1.807, 2.05) is 0 Å². The van der Waals surface area contributed by atoms with E-state index in [2.05, 4.69) is 4.74 Å². The van der Waals surface area contributed by atoms with E-state index in [-0.39, 0.29) is 6.61 Å². The SMILES string of the molecule is CCOCC(C)OC(=O)C(F)F. The summed E-state index contributed by atoms with van der Waals surface area (Å²) in [4.78, 5) is 10.3. The fourth-order valence-electron chi connectivity index (χ4n) is 0.568. The Morgan fingerprint density at radius 2 is 2.08 bits per heavy atom. The van der Waals surface area contributed by atoms with E-state index >= 15 is 0 Å². The Balaban J connectivity index is 3.54. The van der Waals surface area contributed by atoms with Crippen LogP contribution in [0.15, 0.2) is 0 Å². The summed E-state index contributed by atoms with van der Waals surface area (Å²) in [5.74, 6) is -1.50. The monoisotopic (exact) mass is 182 g/mol. The number of carbonyl (C=O) groups is 1. The van der Waals surface area contributed by atoms with Crippen LogP contribution in [0.4, 0.5) is 8.78 Å². The molecule has 0 saturated carbocycles. The number of esters is 1. The molecule has 0 rings (SSSR count). The van der Waals surface area contributed by atoms with Crippen LogP contribution in [0, 0.1) is 0 Å². The molecule has 0 saturated heterocycles. The molecule has 1 atom stereocenters. The Labute approximate surface area is 69.6 Å². The summed E-state index contributed by atoms with van der Waals surface area (Å²) in [5.41, 5.74) is 0. The summed E-state index contributed by atoms with van der Waals surface area (Å²) in [6, 6.07) is 0. The molecule has 12 heavy (non-hydrogen) atoms. The van der Waals surface area contributed by atoms with Gasteiger partial charge in [0.2, 0.25) is 0 Å². The van der Waals surface area contributed by atoms with E-state index < -0.39 is 18.5 Å². The maximum Gasteiger partial charge on any atom is 0.374 e. The smallest absolute Gasteiger partial charge is 0.374 e. The van der Waals surface area contributed by atoms with Gasteiger partial charge < -0.3 is 9.47 Å². The van der Waals surface area contributed by atoms with Crippen LogP contribution in [0.25, 0.3) is 0 Å². The van der Waals surface area contributed by atoms with Crippen LogP contribution in [0.2, 0.25) is 0 Å².